The first-order valence-electron chi connectivity index (χ1n) is 6.34. The van der Waals surface area contributed by atoms with E-state index >= 15 is 0 Å². The van der Waals surface area contributed by atoms with Crippen LogP contribution in [0.3, 0.4) is 0 Å². The highest BCUT2D eigenvalue weighted by Gasteiger charge is 2.11. The molecule has 2 N–H and O–H groups in total. The zero-order valence-corrected chi connectivity index (χ0v) is 12.0. The van der Waals surface area contributed by atoms with Gasteiger partial charge < -0.3 is 10.6 Å². The van der Waals surface area contributed by atoms with Gasteiger partial charge in [0.05, 0.1) is 10.7 Å². The van der Waals surface area contributed by atoms with Crippen LogP contribution >= 0.6 is 23.2 Å². The molecular weight excluding hydrogens is 283 g/mol. The van der Waals surface area contributed by atoms with E-state index in [1.165, 1.54) is 25.7 Å². The molecule has 0 unspecified atom stereocenters. The van der Waals surface area contributed by atoms with Crippen LogP contribution in [-0.2, 0) is 0 Å². The highest BCUT2D eigenvalue weighted by Crippen LogP contribution is 2.26. The minimum atomic E-state index is -0.307. The lowest BCUT2D eigenvalue weighted by Crippen LogP contribution is -2.24. The molecule has 3 nitrogen and oxygen atoms in total. The van der Waals surface area contributed by atoms with E-state index in [1.54, 1.807) is 24.4 Å². The SMILES string of the molecule is O=C(N/C=C/C1CCCC1)Nc1ccc(Cl)cc1Cl. The number of allylic oxidation sites excluding steroid dienone is 1. The third kappa shape index (κ3) is 4.44. The molecule has 2 amide bonds. The number of urea groups is 1. The number of nitrogens with one attached hydrogen (secondary N) is 2. The minimum Gasteiger partial charge on any atom is -0.315 e. The maximum absolute atomic E-state index is 11.7. The average Bonchev–Trinajstić information content (AvgIpc) is 2.86. The molecule has 1 fully saturated rings. The van der Waals surface area contributed by atoms with Crippen molar-refractivity contribution < 1.29 is 4.79 Å². The zero-order chi connectivity index (χ0) is 13.7. The normalized spacial score (nSPS) is 15.9. The molecule has 0 radical (unpaired) electrons. The van der Waals surface area contributed by atoms with Crippen LogP contribution in [-0.4, -0.2) is 6.03 Å². The van der Waals surface area contributed by atoms with Crippen molar-refractivity contribution >= 4 is 34.9 Å². The van der Waals surface area contributed by atoms with Gasteiger partial charge in [0.2, 0.25) is 0 Å². The number of halogens is 2. The first-order chi connectivity index (χ1) is 9.15. The van der Waals surface area contributed by atoms with Crippen LogP contribution in [0.15, 0.2) is 30.5 Å². The van der Waals surface area contributed by atoms with Crippen LogP contribution in [0, 0.1) is 5.92 Å². The van der Waals surface area contributed by atoms with Crippen molar-refractivity contribution in [3.8, 4) is 0 Å². The van der Waals surface area contributed by atoms with Crippen molar-refractivity contribution in [2.24, 2.45) is 5.92 Å². The minimum absolute atomic E-state index is 0.307. The van der Waals surface area contributed by atoms with E-state index in [9.17, 15) is 4.79 Å². The lowest BCUT2D eigenvalue weighted by atomic mass is 10.1. The van der Waals surface area contributed by atoms with E-state index in [4.69, 9.17) is 23.2 Å². The summed E-state index contributed by atoms with van der Waals surface area (Å²) in [5.41, 5.74) is 0.540. The highest BCUT2D eigenvalue weighted by molar-refractivity contribution is 6.36. The first-order valence-corrected chi connectivity index (χ1v) is 7.10. The van der Waals surface area contributed by atoms with Gasteiger partial charge in [-0.2, -0.15) is 0 Å². The molecule has 0 heterocycles. The van der Waals surface area contributed by atoms with Gasteiger partial charge in [0.1, 0.15) is 0 Å². The summed E-state index contributed by atoms with van der Waals surface area (Å²) in [5, 5.41) is 6.31. The molecule has 1 aromatic carbocycles. The molecule has 19 heavy (non-hydrogen) atoms. The fourth-order valence-electron chi connectivity index (χ4n) is 2.16. The van der Waals surface area contributed by atoms with Gasteiger partial charge in [0.25, 0.3) is 0 Å². The van der Waals surface area contributed by atoms with E-state index in [0.717, 1.165) is 0 Å². The van der Waals surface area contributed by atoms with Gasteiger partial charge in [-0.1, -0.05) is 42.1 Å². The Bertz CT molecular complexity index is 482. The summed E-state index contributed by atoms with van der Waals surface area (Å²) in [5.74, 6) is 0.597. The van der Waals surface area contributed by atoms with E-state index in [0.29, 0.717) is 21.7 Å². The van der Waals surface area contributed by atoms with Gasteiger partial charge in [-0.15, -0.1) is 0 Å². The van der Waals surface area contributed by atoms with Crippen LogP contribution in [0.4, 0.5) is 10.5 Å². The van der Waals surface area contributed by atoms with Crippen LogP contribution in [0.1, 0.15) is 25.7 Å². The van der Waals surface area contributed by atoms with Gasteiger partial charge in [-0.3, -0.25) is 0 Å². The molecule has 0 atom stereocenters. The predicted molar refractivity (Wildman–Crippen MR) is 79.7 cm³/mol. The Labute approximate surface area is 123 Å². The number of carbonyl (C=O) groups excluding carboxylic acids is 1. The van der Waals surface area contributed by atoms with E-state index in [-0.39, 0.29) is 6.03 Å². The molecule has 1 aromatic rings. The van der Waals surface area contributed by atoms with Crippen LogP contribution < -0.4 is 10.6 Å². The molecule has 2 rings (SSSR count). The van der Waals surface area contributed by atoms with Crippen LogP contribution in [0.2, 0.25) is 10.0 Å². The van der Waals surface area contributed by atoms with Crippen molar-refractivity contribution in [3.63, 3.8) is 0 Å². The fourth-order valence-corrected chi connectivity index (χ4v) is 2.61. The van der Waals surface area contributed by atoms with Crippen LogP contribution in [0.5, 0.6) is 0 Å². The molecule has 1 aliphatic rings. The fraction of sp³-hybridized carbons (Fsp3) is 0.357. The Hall–Kier alpha value is -1.19. The van der Waals surface area contributed by atoms with Crippen molar-refractivity contribution in [2.75, 3.05) is 5.32 Å². The Morgan fingerprint density at radius 1 is 1.26 bits per heavy atom. The highest BCUT2D eigenvalue weighted by atomic mass is 35.5. The number of benzene rings is 1. The predicted octanol–water partition coefficient (Wildman–Crippen LogP) is 4.82. The van der Waals surface area contributed by atoms with Crippen molar-refractivity contribution in [3.05, 3.63) is 40.5 Å². The van der Waals surface area contributed by atoms with Crippen molar-refractivity contribution in [1.82, 2.24) is 5.32 Å². The Kier molecular flexibility index (Phi) is 5.11. The summed E-state index contributed by atoms with van der Waals surface area (Å²) in [6, 6.07) is 4.63. The maximum atomic E-state index is 11.7. The third-order valence-electron chi connectivity index (χ3n) is 3.16. The second-order valence-electron chi connectivity index (χ2n) is 4.63. The summed E-state index contributed by atoms with van der Waals surface area (Å²) in [7, 11) is 0. The molecule has 0 spiro atoms. The Morgan fingerprint density at radius 3 is 2.68 bits per heavy atom. The number of hydrogen-bond acceptors (Lipinski definition) is 1. The molecule has 0 saturated heterocycles. The summed E-state index contributed by atoms with van der Waals surface area (Å²) < 4.78 is 0. The van der Waals surface area contributed by atoms with Crippen molar-refractivity contribution in [2.45, 2.75) is 25.7 Å². The lowest BCUT2D eigenvalue weighted by molar-refractivity contribution is 0.255. The average molecular weight is 299 g/mol. The molecule has 0 bridgehead atoms. The van der Waals surface area contributed by atoms with E-state index in [2.05, 4.69) is 16.7 Å². The van der Waals surface area contributed by atoms with E-state index in [1.807, 2.05) is 0 Å². The summed E-state index contributed by atoms with van der Waals surface area (Å²) in [4.78, 5) is 11.7. The first kappa shape index (κ1) is 14.2. The third-order valence-corrected chi connectivity index (χ3v) is 3.71. The number of amides is 2. The van der Waals surface area contributed by atoms with E-state index < -0.39 is 0 Å². The number of carbonyl (C=O) groups is 1. The smallest absolute Gasteiger partial charge is 0.315 e. The summed E-state index contributed by atoms with van der Waals surface area (Å²) >= 11 is 11.8. The second kappa shape index (κ2) is 6.83. The lowest BCUT2D eigenvalue weighted by Gasteiger charge is -2.07. The second-order valence-corrected chi connectivity index (χ2v) is 5.47. The van der Waals surface area contributed by atoms with Gasteiger partial charge in [0.15, 0.2) is 0 Å². The molecule has 1 aliphatic carbocycles. The van der Waals surface area contributed by atoms with Crippen LogP contribution in [0.25, 0.3) is 0 Å². The molecular formula is C14H16Cl2N2O. The Balaban J connectivity index is 1.83. The number of anilines is 1. The number of rotatable bonds is 3. The van der Waals surface area contributed by atoms with Gasteiger partial charge in [-0.05, 0) is 37.0 Å². The van der Waals surface area contributed by atoms with Gasteiger partial charge in [-0.25, -0.2) is 4.79 Å². The van der Waals surface area contributed by atoms with Crippen molar-refractivity contribution in [1.29, 1.82) is 0 Å². The summed E-state index contributed by atoms with van der Waals surface area (Å²) in [6.07, 6.45) is 8.74. The molecule has 0 aromatic heterocycles. The standard InChI is InChI=1S/C14H16Cl2N2O/c15-11-5-6-13(12(16)9-11)18-14(19)17-8-7-10-3-1-2-4-10/h5-10H,1-4H2,(H2,17,18,19)/b8-7+. The summed E-state index contributed by atoms with van der Waals surface area (Å²) in [6.45, 7) is 0. The monoisotopic (exact) mass is 298 g/mol. The topological polar surface area (TPSA) is 41.1 Å². The quantitative estimate of drug-likeness (QED) is 0.825. The molecule has 5 heteroatoms. The molecule has 1 saturated carbocycles. The number of hydrogen-bond donors (Lipinski definition) is 2. The van der Waals surface area contributed by atoms with Gasteiger partial charge in [0, 0.05) is 11.2 Å². The maximum Gasteiger partial charge on any atom is 0.323 e. The molecule has 0 aliphatic heterocycles. The Morgan fingerprint density at radius 2 is 2.00 bits per heavy atom. The van der Waals surface area contributed by atoms with Gasteiger partial charge >= 0.3 is 6.03 Å². The zero-order valence-electron chi connectivity index (χ0n) is 10.5. The largest absolute Gasteiger partial charge is 0.323 e. The molecule has 102 valence electrons.